The molecule has 2 nitrogen and oxygen atoms in total. The van der Waals surface area contributed by atoms with Crippen LogP contribution >= 0.6 is 45.3 Å². The van der Waals surface area contributed by atoms with E-state index in [-0.39, 0.29) is 33.7 Å². The molecule has 0 atom stereocenters. The molecule has 0 spiro atoms. The second kappa shape index (κ2) is 2.51. The summed E-state index contributed by atoms with van der Waals surface area (Å²) in [5.41, 5.74) is 0. The summed E-state index contributed by atoms with van der Waals surface area (Å²) in [7, 11) is 0. The summed E-state index contributed by atoms with van der Waals surface area (Å²) in [6.07, 6.45) is 0. The zero-order chi connectivity index (χ0) is 4.41. The second-order valence-corrected chi connectivity index (χ2v) is 7.94. The average molecular weight is 330 g/mol. The van der Waals surface area contributed by atoms with Gasteiger partial charge in [-0.3, -0.25) is 0 Å². The van der Waals surface area contributed by atoms with E-state index in [2.05, 4.69) is 6.74 Å². The number of hydrogen-bond donors (Lipinski definition) is 1. The molecule has 0 aromatic heterocycles. The predicted molar refractivity (Wildman–Crippen MR) is 44.5 cm³/mol. The van der Waals surface area contributed by atoms with Crippen LogP contribution in [-0.2, 0) is 0 Å². The lowest BCUT2D eigenvalue weighted by molar-refractivity contribution is 1.67. The van der Waals surface area contributed by atoms with Crippen LogP contribution in [0.15, 0.2) is 3.21 Å². The Morgan fingerprint density at radius 3 is 2.83 bits per heavy atom. The van der Waals surface area contributed by atoms with Gasteiger partial charge in [0.1, 0.15) is 0 Å². The second-order valence-electron chi connectivity index (χ2n) is 0.605. The van der Waals surface area contributed by atoms with E-state index in [1.165, 1.54) is 0 Å². The highest BCUT2D eigenvalue weighted by atomic mass is 128. The zero-order valence-corrected chi connectivity index (χ0v) is 7.65. The van der Waals surface area contributed by atoms with Crippen molar-refractivity contribution in [1.29, 1.82) is 0 Å². The maximum atomic E-state index is 5.41. The van der Waals surface area contributed by atoms with Gasteiger partial charge >= 0.3 is 0 Å². The molecule has 6 heavy (non-hydrogen) atoms. The maximum absolute atomic E-state index is 5.41. The van der Waals surface area contributed by atoms with Gasteiger partial charge in [0.2, 0.25) is 5.29 Å². The summed E-state index contributed by atoms with van der Waals surface area (Å²) in [5, 5.41) is 0.649. The summed E-state index contributed by atoms with van der Waals surface area (Å²) >= 11 is 5.79. The molecule has 36 valence electrons. The van der Waals surface area contributed by atoms with Crippen LogP contribution in [0.4, 0.5) is 0 Å². The number of hydrogen-bond acceptors (Lipinski definition) is 2. The molecule has 0 bridgehead atoms. The monoisotopic (exact) mass is 330 g/mol. The molecule has 0 unspecified atom stereocenters. The first-order valence-corrected chi connectivity index (χ1v) is 9.87. The highest BCUT2D eigenvalue weighted by Crippen LogP contribution is 2.21. The van der Waals surface area contributed by atoms with Gasteiger partial charge in [-0.05, 0) is 11.6 Å². The van der Waals surface area contributed by atoms with Crippen LogP contribution in [-0.4, -0.2) is 5.29 Å². The molecule has 0 saturated heterocycles. The lowest BCUT2D eigenvalue weighted by Gasteiger charge is -1.77. The fourth-order valence-corrected chi connectivity index (χ4v) is 7.05. The highest BCUT2D eigenvalue weighted by molar-refractivity contribution is 14.8. The molecule has 0 radical (unpaired) electrons. The van der Waals surface area contributed by atoms with Gasteiger partial charge in [-0.1, -0.05) is 0 Å². The molecular weight excluding hydrogens is 329 g/mol. The third kappa shape index (κ3) is 1.38. The third-order valence-corrected chi connectivity index (χ3v) is 6.41. The summed E-state index contributed by atoms with van der Waals surface area (Å²) in [6, 6.07) is 0. The quantitative estimate of drug-likeness (QED) is 0.409. The molecule has 0 saturated carbocycles. The van der Waals surface area contributed by atoms with Crippen molar-refractivity contribution in [2.45, 2.75) is 0 Å². The van der Waals surface area contributed by atoms with Crippen molar-refractivity contribution in [2.75, 3.05) is 0 Å². The number of rotatable bonds is 0. The van der Waals surface area contributed by atoms with E-state index in [4.69, 9.17) is 11.6 Å². The normalized spacial score (nSPS) is 19.8. The minimum atomic E-state index is 0.157. The van der Waals surface area contributed by atoms with Crippen LogP contribution in [0.3, 0.4) is 0 Å². The van der Waals surface area contributed by atoms with Crippen LogP contribution in [0, 0.1) is 0 Å². The number of halogens is 3. The van der Waals surface area contributed by atoms with Gasteiger partial charge in [-0.25, -0.2) is 0 Å². The first-order chi connectivity index (χ1) is 2.89. The van der Waals surface area contributed by atoms with Crippen molar-refractivity contribution >= 4 is 50.6 Å². The largest absolute Gasteiger partial charge is 0.303 e. The Morgan fingerprint density at radius 2 is 2.67 bits per heavy atom. The maximum Gasteiger partial charge on any atom is 0.210 e. The van der Waals surface area contributed by atoms with Crippen LogP contribution in [0.5, 0.6) is 0 Å². The van der Waals surface area contributed by atoms with Gasteiger partial charge in [-0.2, -0.15) is 3.21 Å². The molecular formula is CHClI2N2. The van der Waals surface area contributed by atoms with E-state index >= 15 is 0 Å². The van der Waals surface area contributed by atoms with E-state index in [0.717, 1.165) is 0 Å². The fraction of sp³-hybridized carbons (Fsp3) is 0. The van der Waals surface area contributed by atoms with Crippen LogP contribution in [0.1, 0.15) is 0 Å². The van der Waals surface area contributed by atoms with Gasteiger partial charge in [-0.15, -0.1) is 0 Å². The molecule has 1 heterocycles. The highest BCUT2D eigenvalue weighted by Gasteiger charge is 1.90. The minimum absolute atomic E-state index is 0.157. The molecule has 1 aliphatic rings. The standard InChI is InChI=1S/CHClI2N2/c2-1-5-3-4-6-1/h(H,5,6). The van der Waals surface area contributed by atoms with Crippen LogP contribution < -0.4 is 3.53 Å². The molecule has 1 N–H and O–H groups in total. The first-order valence-electron chi connectivity index (χ1n) is 1.16. The summed E-state index contributed by atoms with van der Waals surface area (Å²) in [6.45, 7) is 0. The Hall–Kier alpha value is 1.22. The summed E-state index contributed by atoms with van der Waals surface area (Å²) in [4.78, 5) is 0. The van der Waals surface area contributed by atoms with Gasteiger partial charge in [0, 0.05) is 0 Å². The molecule has 0 amide bonds. The van der Waals surface area contributed by atoms with E-state index in [0.29, 0.717) is 5.29 Å². The van der Waals surface area contributed by atoms with E-state index in [1.807, 2.05) is 0 Å². The molecule has 5 heteroatoms. The smallest absolute Gasteiger partial charge is 0.210 e. The topological polar surface area (TPSA) is 24.4 Å². The number of nitrogens with zero attached hydrogens (tertiary/aromatic N) is 1. The van der Waals surface area contributed by atoms with Crippen molar-refractivity contribution in [3.63, 3.8) is 0 Å². The molecule has 0 aromatic rings. The van der Waals surface area contributed by atoms with E-state index in [1.54, 1.807) is 0 Å². The average Bonchev–Trinajstić information content (AvgIpc) is 1.86. The minimum Gasteiger partial charge on any atom is -0.303 e. The number of amidine groups is 1. The van der Waals surface area contributed by atoms with Crippen LogP contribution in [0.25, 0.3) is 0 Å². The van der Waals surface area contributed by atoms with Gasteiger partial charge < -0.3 is 3.53 Å². The molecule has 0 aliphatic carbocycles. The molecule has 0 fully saturated rings. The third-order valence-electron chi connectivity index (χ3n) is 0.252. The zero-order valence-electron chi connectivity index (χ0n) is 2.58. The van der Waals surface area contributed by atoms with Crippen molar-refractivity contribution in [1.82, 2.24) is 3.53 Å². The molecule has 1 aliphatic heterocycles. The van der Waals surface area contributed by atoms with E-state index in [9.17, 15) is 0 Å². The predicted octanol–water partition coefficient (Wildman–Crippen LogP) is 1.87. The summed E-state index contributed by atoms with van der Waals surface area (Å²) < 4.78 is 6.96. The van der Waals surface area contributed by atoms with Gasteiger partial charge in [0.05, 0.1) is 33.7 Å². The van der Waals surface area contributed by atoms with Crippen molar-refractivity contribution in [3.05, 3.63) is 0 Å². The summed E-state index contributed by atoms with van der Waals surface area (Å²) in [5.74, 6) is 0. The van der Waals surface area contributed by atoms with Crippen molar-refractivity contribution < 1.29 is 0 Å². The molecule has 1 rings (SSSR count). The van der Waals surface area contributed by atoms with Crippen LogP contribution in [0.2, 0.25) is 0 Å². The lowest BCUT2D eigenvalue weighted by Crippen LogP contribution is -1.98. The number of nitrogens with one attached hydrogen (secondary N) is 1. The lowest BCUT2D eigenvalue weighted by atomic mass is 11.4. The fourth-order valence-electron chi connectivity index (χ4n) is 0.105. The van der Waals surface area contributed by atoms with E-state index < -0.39 is 0 Å². The van der Waals surface area contributed by atoms with Gasteiger partial charge in [0.15, 0.2) is 0 Å². The Morgan fingerprint density at radius 1 is 1.83 bits per heavy atom. The Kier molecular flexibility index (Phi) is 2.24. The van der Waals surface area contributed by atoms with Crippen molar-refractivity contribution in [2.24, 2.45) is 3.21 Å². The molecule has 0 aromatic carbocycles. The Balaban J connectivity index is 2.61. The van der Waals surface area contributed by atoms with Gasteiger partial charge in [0.25, 0.3) is 0 Å². The SMILES string of the molecule is ClC1=NI=IN1. The Bertz CT molecular complexity index is 108. The Labute approximate surface area is 56.7 Å². The first kappa shape index (κ1) is 5.36. The van der Waals surface area contributed by atoms with Crippen molar-refractivity contribution in [3.8, 4) is 0 Å².